The lowest BCUT2D eigenvalue weighted by Crippen LogP contribution is -2.30. The molecule has 0 aliphatic rings. The number of hydrogen-bond donors (Lipinski definition) is 2. The first-order valence-corrected chi connectivity index (χ1v) is 12.0. The maximum Gasteiger partial charge on any atom is 0.254 e. The third-order valence-electron chi connectivity index (χ3n) is 4.58. The van der Waals surface area contributed by atoms with E-state index in [-0.39, 0.29) is 28.8 Å². The van der Waals surface area contributed by atoms with Crippen molar-refractivity contribution in [3.63, 3.8) is 0 Å². The highest BCUT2D eigenvalue weighted by molar-refractivity contribution is 7.89. The summed E-state index contributed by atoms with van der Waals surface area (Å²) in [5.74, 6) is -0.347. The molecule has 2 aromatic carbocycles. The van der Waals surface area contributed by atoms with E-state index in [9.17, 15) is 21.6 Å². The molecule has 1 atom stereocenters. The van der Waals surface area contributed by atoms with Gasteiger partial charge in [0.25, 0.3) is 5.91 Å². The summed E-state index contributed by atoms with van der Waals surface area (Å²) < 4.78 is 54.8. The van der Waals surface area contributed by atoms with Crippen LogP contribution >= 0.6 is 0 Å². The van der Waals surface area contributed by atoms with Gasteiger partial charge in [-0.3, -0.25) is 4.79 Å². The standard InChI is InChI=1S/C19H25N3O6S2/c1-14(16-5-4-6-18(13-16)29(20,24)25)22(2)19(23)15-7-9-17(10-8-15)30(26,27)21-11-12-28-3/h4-10,13-14,21H,11-12H2,1-3H3,(H2,20,24,25). The number of ether oxygens (including phenoxy) is 1. The Morgan fingerprint density at radius 1 is 1.10 bits per heavy atom. The molecule has 9 nitrogen and oxygen atoms in total. The number of nitrogens with two attached hydrogens (primary N) is 1. The number of primary sulfonamides is 1. The molecule has 11 heteroatoms. The number of amides is 1. The van der Waals surface area contributed by atoms with Gasteiger partial charge in [0.1, 0.15) is 0 Å². The number of nitrogens with one attached hydrogen (secondary N) is 1. The molecule has 0 heterocycles. The van der Waals surface area contributed by atoms with Gasteiger partial charge < -0.3 is 9.64 Å². The van der Waals surface area contributed by atoms with E-state index in [4.69, 9.17) is 9.88 Å². The van der Waals surface area contributed by atoms with Gasteiger partial charge >= 0.3 is 0 Å². The summed E-state index contributed by atoms with van der Waals surface area (Å²) in [5, 5.41) is 5.17. The number of carbonyl (C=O) groups is 1. The van der Waals surface area contributed by atoms with Gasteiger partial charge in [-0.25, -0.2) is 26.7 Å². The number of methoxy groups -OCH3 is 1. The highest BCUT2D eigenvalue weighted by atomic mass is 32.2. The fourth-order valence-electron chi connectivity index (χ4n) is 2.69. The van der Waals surface area contributed by atoms with E-state index < -0.39 is 26.1 Å². The molecule has 1 unspecified atom stereocenters. The Morgan fingerprint density at radius 3 is 2.30 bits per heavy atom. The van der Waals surface area contributed by atoms with Crippen LogP contribution < -0.4 is 9.86 Å². The Morgan fingerprint density at radius 2 is 1.73 bits per heavy atom. The summed E-state index contributed by atoms with van der Waals surface area (Å²) in [6.45, 7) is 2.13. The Labute approximate surface area is 176 Å². The van der Waals surface area contributed by atoms with Crippen LogP contribution in [0.4, 0.5) is 0 Å². The maximum absolute atomic E-state index is 12.8. The Bertz CT molecular complexity index is 1100. The van der Waals surface area contributed by atoms with Gasteiger partial charge in [0.05, 0.1) is 22.4 Å². The number of benzene rings is 2. The predicted molar refractivity (Wildman–Crippen MR) is 112 cm³/mol. The molecule has 0 bridgehead atoms. The molecule has 2 rings (SSSR count). The van der Waals surface area contributed by atoms with Crippen LogP contribution in [0.5, 0.6) is 0 Å². The van der Waals surface area contributed by atoms with Crippen LogP contribution in [0.3, 0.4) is 0 Å². The van der Waals surface area contributed by atoms with Crippen molar-refractivity contribution in [2.75, 3.05) is 27.3 Å². The highest BCUT2D eigenvalue weighted by Gasteiger charge is 2.21. The second kappa shape index (κ2) is 9.67. The summed E-state index contributed by atoms with van der Waals surface area (Å²) >= 11 is 0. The molecule has 164 valence electrons. The van der Waals surface area contributed by atoms with Crippen molar-refractivity contribution in [3.05, 3.63) is 59.7 Å². The minimum absolute atomic E-state index is 0.0340. The highest BCUT2D eigenvalue weighted by Crippen LogP contribution is 2.23. The van der Waals surface area contributed by atoms with Gasteiger partial charge in [0.15, 0.2) is 0 Å². The number of sulfonamides is 2. The summed E-state index contributed by atoms with van der Waals surface area (Å²) in [6.07, 6.45) is 0. The molecular formula is C19H25N3O6S2. The van der Waals surface area contributed by atoms with Crippen molar-refractivity contribution >= 4 is 26.0 Å². The zero-order valence-electron chi connectivity index (χ0n) is 16.9. The lowest BCUT2D eigenvalue weighted by atomic mass is 10.1. The predicted octanol–water partition coefficient (Wildman–Crippen LogP) is 1.09. The number of hydrogen-bond acceptors (Lipinski definition) is 6. The third kappa shape index (κ3) is 5.86. The molecule has 0 spiro atoms. The van der Waals surface area contributed by atoms with Gasteiger partial charge in [0, 0.05) is 26.3 Å². The topological polar surface area (TPSA) is 136 Å². The first-order valence-electron chi connectivity index (χ1n) is 8.96. The zero-order chi connectivity index (χ0) is 22.5. The van der Waals surface area contributed by atoms with E-state index in [1.807, 2.05) is 0 Å². The molecule has 30 heavy (non-hydrogen) atoms. The van der Waals surface area contributed by atoms with E-state index in [0.717, 1.165) is 0 Å². The largest absolute Gasteiger partial charge is 0.383 e. The molecule has 0 saturated heterocycles. The summed E-state index contributed by atoms with van der Waals surface area (Å²) in [5.41, 5.74) is 0.890. The van der Waals surface area contributed by atoms with Crippen LogP contribution in [0, 0.1) is 0 Å². The van der Waals surface area contributed by atoms with Crippen LogP contribution in [0.15, 0.2) is 58.3 Å². The van der Waals surface area contributed by atoms with E-state index in [2.05, 4.69) is 4.72 Å². The maximum atomic E-state index is 12.8. The molecule has 1 amide bonds. The normalized spacial score (nSPS) is 13.1. The Kier molecular flexibility index (Phi) is 7.72. The summed E-state index contributed by atoms with van der Waals surface area (Å²) in [6, 6.07) is 11.2. The van der Waals surface area contributed by atoms with Gasteiger partial charge in [-0.1, -0.05) is 12.1 Å². The summed E-state index contributed by atoms with van der Waals surface area (Å²) in [7, 11) is -4.51. The Hall–Kier alpha value is -2.31. The third-order valence-corrected chi connectivity index (χ3v) is 6.97. The molecule has 0 saturated carbocycles. The van der Waals surface area contributed by atoms with Crippen molar-refractivity contribution < 1.29 is 26.4 Å². The fraction of sp³-hybridized carbons (Fsp3) is 0.316. The van der Waals surface area contributed by atoms with Crippen molar-refractivity contribution in [2.45, 2.75) is 22.8 Å². The van der Waals surface area contributed by atoms with Crippen molar-refractivity contribution in [3.8, 4) is 0 Å². The van der Waals surface area contributed by atoms with Crippen molar-refractivity contribution in [1.29, 1.82) is 0 Å². The summed E-state index contributed by atoms with van der Waals surface area (Å²) in [4.78, 5) is 14.2. The van der Waals surface area contributed by atoms with Crippen LogP contribution in [0.2, 0.25) is 0 Å². The second-order valence-corrected chi connectivity index (χ2v) is 9.95. The van der Waals surface area contributed by atoms with Gasteiger partial charge in [-0.05, 0) is 48.9 Å². The monoisotopic (exact) mass is 455 g/mol. The van der Waals surface area contributed by atoms with Gasteiger partial charge in [0.2, 0.25) is 20.0 Å². The van der Waals surface area contributed by atoms with Crippen LogP contribution in [-0.2, 0) is 24.8 Å². The lowest BCUT2D eigenvalue weighted by Gasteiger charge is -2.26. The number of rotatable bonds is 9. The second-order valence-electron chi connectivity index (χ2n) is 6.62. The fourth-order valence-corrected chi connectivity index (χ4v) is 4.27. The number of nitrogens with zero attached hydrogens (tertiary/aromatic N) is 1. The lowest BCUT2D eigenvalue weighted by molar-refractivity contribution is 0.0742. The van der Waals surface area contributed by atoms with Crippen molar-refractivity contribution in [2.24, 2.45) is 5.14 Å². The zero-order valence-corrected chi connectivity index (χ0v) is 18.5. The molecule has 0 aliphatic carbocycles. The van der Waals surface area contributed by atoms with E-state index in [1.54, 1.807) is 26.1 Å². The SMILES string of the molecule is COCCNS(=O)(=O)c1ccc(C(=O)N(C)C(C)c2cccc(S(N)(=O)=O)c2)cc1. The number of carbonyl (C=O) groups excluding carboxylic acids is 1. The first-order chi connectivity index (χ1) is 14.0. The van der Waals surface area contributed by atoms with E-state index >= 15 is 0 Å². The molecule has 0 aliphatic heterocycles. The molecular weight excluding hydrogens is 430 g/mol. The minimum Gasteiger partial charge on any atom is -0.383 e. The van der Waals surface area contributed by atoms with E-state index in [0.29, 0.717) is 11.1 Å². The molecule has 0 fully saturated rings. The van der Waals surface area contributed by atoms with Crippen LogP contribution in [0.25, 0.3) is 0 Å². The van der Waals surface area contributed by atoms with Crippen molar-refractivity contribution in [1.82, 2.24) is 9.62 Å². The smallest absolute Gasteiger partial charge is 0.254 e. The van der Waals surface area contributed by atoms with Crippen LogP contribution in [0.1, 0.15) is 28.9 Å². The quantitative estimate of drug-likeness (QED) is 0.543. The Balaban J connectivity index is 2.18. The van der Waals surface area contributed by atoms with Gasteiger partial charge in [-0.15, -0.1) is 0 Å². The van der Waals surface area contributed by atoms with E-state index in [1.165, 1.54) is 48.4 Å². The molecule has 2 aromatic rings. The molecule has 0 radical (unpaired) electrons. The average Bonchev–Trinajstić information content (AvgIpc) is 2.72. The molecule has 3 N–H and O–H groups in total. The average molecular weight is 456 g/mol. The molecule has 0 aromatic heterocycles. The van der Waals surface area contributed by atoms with Crippen LogP contribution in [-0.4, -0.2) is 55.0 Å². The minimum atomic E-state index is -3.86. The van der Waals surface area contributed by atoms with Gasteiger partial charge in [-0.2, -0.15) is 0 Å². The first kappa shape index (κ1) is 24.0.